The topological polar surface area (TPSA) is 47.7 Å². The van der Waals surface area contributed by atoms with Crippen molar-refractivity contribution in [2.75, 3.05) is 6.54 Å². The van der Waals surface area contributed by atoms with Gasteiger partial charge in [0.15, 0.2) is 0 Å². The summed E-state index contributed by atoms with van der Waals surface area (Å²) in [5.74, 6) is 2.85. The second-order valence-corrected chi connectivity index (χ2v) is 6.93. The first-order valence-corrected chi connectivity index (χ1v) is 8.91. The maximum Gasteiger partial charge on any atom is 0.124 e. The van der Waals surface area contributed by atoms with Crippen molar-refractivity contribution in [1.29, 1.82) is 0 Å². The number of nitrogens with one attached hydrogen (secondary N) is 1. The van der Waals surface area contributed by atoms with Crippen molar-refractivity contribution in [3.05, 3.63) is 48.3 Å². The number of aryl methyl sites for hydroxylation is 1. The van der Waals surface area contributed by atoms with Gasteiger partial charge in [-0.3, -0.25) is 0 Å². The lowest BCUT2D eigenvalue weighted by atomic mass is 9.99. The molecular formula is C19H25N5. The molecule has 5 nitrogen and oxygen atoms in total. The van der Waals surface area contributed by atoms with E-state index in [1.807, 2.05) is 6.20 Å². The SMILES string of the molecule is CC(C)n1c(CNCC2CCCn3ccnc32)nc2ccccc21. The number of imidazole rings is 2. The van der Waals surface area contributed by atoms with Crippen LogP contribution in [0.15, 0.2) is 36.7 Å². The molecule has 3 heterocycles. The molecule has 5 heteroatoms. The zero-order chi connectivity index (χ0) is 16.5. The van der Waals surface area contributed by atoms with Crippen LogP contribution in [-0.4, -0.2) is 25.6 Å². The number of fused-ring (bicyclic) bond motifs is 2. The van der Waals surface area contributed by atoms with Crippen LogP contribution in [0.2, 0.25) is 0 Å². The van der Waals surface area contributed by atoms with Gasteiger partial charge in [-0.15, -0.1) is 0 Å². The molecule has 2 aromatic heterocycles. The molecule has 0 saturated heterocycles. The summed E-state index contributed by atoms with van der Waals surface area (Å²) in [5.41, 5.74) is 2.30. The third-order valence-electron chi connectivity index (χ3n) is 4.92. The molecule has 0 amide bonds. The molecule has 0 radical (unpaired) electrons. The molecule has 1 aliphatic heterocycles. The van der Waals surface area contributed by atoms with Crippen molar-refractivity contribution in [2.24, 2.45) is 0 Å². The Balaban J connectivity index is 1.49. The van der Waals surface area contributed by atoms with E-state index >= 15 is 0 Å². The van der Waals surface area contributed by atoms with Gasteiger partial charge in [0.05, 0.1) is 17.6 Å². The zero-order valence-electron chi connectivity index (χ0n) is 14.4. The Kier molecular flexibility index (Phi) is 4.10. The van der Waals surface area contributed by atoms with Crippen LogP contribution in [0, 0.1) is 0 Å². The van der Waals surface area contributed by atoms with Gasteiger partial charge >= 0.3 is 0 Å². The van der Waals surface area contributed by atoms with Crippen molar-refractivity contribution in [2.45, 2.75) is 51.7 Å². The minimum Gasteiger partial charge on any atom is -0.335 e. The molecule has 126 valence electrons. The number of hydrogen-bond donors (Lipinski definition) is 1. The lowest BCUT2D eigenvalue weighted by molar-refractivity contribution is 0.418. The van der Waals surface area contributed by atoms with E-state index in [4.69, 9.17) is 4.98 Å². The molecule has 1 aromatic carbocycles. The summed E-state index contributed by atoms with van der Waals surface area (Å²) in [7, 11) is 0. The van der Waals surface area contributed by atoms with E-state index in [9.17, 15) is 0 Å². The lowest BCUT2D eigenvalue weighted by Crippen LogP contribution is -2.27. The number of hydrogen-bond acceptors (Lipinski definition) is 3. The third-order valence-corrected chi connectivity index (χ3v) is 4.92. The van der Waals surface area contributed by atoms with E-state index in [0.717, 1.165) is 31.0 Å². The fraction of sp³-hybridized carbons (Fsp3) is 0.474. The quantitative estimate of drug-likeness (QED) is 0.782. The van der Waals surface area contributed by atoms with Crippen molar-refractivity contribution in [3.8, 4) is 0 Å². The number of para-hydroxylation sites is 2. The van der Waals surface area contributed by atoms with E-state index in [-0.39, 0.29) is 0 Å². The van der Waals surface area contributed by atoms with Crippen LogP contribution in [-0.2, 0) is 13.1 Å². The van der Waals surface area contributed by atoms with Gasteiger partial charge in [0.2, 0.25) is 0 Å². The first-order chi connectivity index (χ1) is 11.7. The molecule has 0 bridgehead atoms. The van der Waals surface area contributed by atoms with Crippen molar-refractivity contribution >= 4 is 11.0 Å². The fourth-order valence-electron chi connectivity index (χ4n) is 3.85. The molecule has 1 atom stereocenters. The Bertz CT molecular complexity index is 829. The van der Waals surface area contributed by atoms with Crippen LogP contribution in [0.5, 0.6) is 0 Å². The number of nitrogens with zero attached hydrogens (tertiary/aromatic N) is 4. The monoisotopic (exact) mass is 323 g/mol. The Morgan fingerprint density at radius 2 is 2.17 bits per heavy atom. The van der Waals surface area contributed by atoms with E-state index in [1.165, 1.54) is 24.2 Å². The van der Waals surface area contributed by atoms with Gasteiger partial charge in [0, 0.05) is 37.4 Å². The highest BCUT2D eigenvalue weighted by atomic mass is 15.1. The Morgan fingerprint density at radius 3 is 3.04 bits per heavy atom. The van der Waals surface area contributed by atoms with Crippen LogP contribution in [0.4, 0.5) is 0 Å². The van der Waals surface area contributed by atoms with Crippen molar-refractivity contribution < 1.29 is 0 Å². The van der Waals surface area contributed by atoms with Crippen LogP contribution in [0.25, 0.3) is 11.0 Å². The van der Waals surface area contributed by atoms with Crippen LogP contribution in [0.3, 0.4) is 0 Å². The molecule has 24 heavy (non-hydrogen) atoms. The average molecular weight is 323 g/mol. The Morgan fingerprint density at radius 1 is 1.29 bits per heavy atom. The summed E-state index contributed by atoms with van der Waals surface area (Å²) < 4.78 is 4.63. The lowest BCUT2D eigenvalue weighted by Gasteiger charge is -2.23. The van der Waals surface area contributed by atoms with E-state index in [0.29, 0.717) is 12.0 Å². The predicted molar refractivity (Wildman–Crippen MR) is 96.0 cm³/mol. The molecular weight excluding hydrogens is 298 g/mol. The second-order valence-electron chi connectivity index (χ2n) is 6.93. The van der Waals surface area contributed by atoms with Gasteiger partial charge < -0.3 is 14.5 Å². The van der Waals surface area contributed by atoms with Gasteiger partial charge in [-0.25, -0.2) is 9.97 Å². The third kappa shape index (κ3) is 2.73. The molecule has 4 rings (SSSR count). The number of rotatable bonds is 5. The summed E-state index contributed by atoms with van der Waals surface area (Å²) in [6.45, 7) is 7.29. The van der Waals surface area contributed by atoms with Crippen molar-refractivity contribution in [1.82, 2.24) is 24.4 Å². The molecule has 0 saturated carbocycles. The summed E-state index contributed by atoms with van der Waals surface area (Å²) in [6.07, 6.45) is 6.47. The van der Waals surface area contributed by atoms with Gasteiger partial charge in [-0.2, -0.15) is 0 Å². The highest BCUT2D eigenvalue weighted by Crippen LogP contribution is 2.25. The number of benzene rings is 1. The minimum atomic E-state index is 0.405. The standard InChI is InChI=1S/C19H25N5/c1-14(2)24-17-8-4-3-7-16(17)22-18(24)13-20-12-15-6-5-10-23-11-9-21-19(15)23/h3-4,7-9,11,14-15,20H,5-6,10,12-13H2,1-2H3. The molecule has 1 unspecified atom stereocenters. The van der Waals surface area contributed by atoms with Crippen LogP contribution >= 0.6 is 0 Å². The second kappa shape index (κ2) is 6.40. The number of aromatic nitrogens is 4. The minimum absolute atomic E-state index is 0.405. The zero-order valence-corrected chi connectivity index (χ0v) is 14.4. The van der Waals surface area contributed by atoms with Crippen LogP contribution < -0.4 is 5.32 Å². The highest BCUT2D eigenvalue weighted by molar-refractivity contribution is 5.76. The summed E-state index contributed by atoms with van der Waals surface area (Å²) >= 11 is 0. The predicted octanol–water partition coefficient (Wildman–Crippen LogP) is 3.48. The Labute approximate surface area is 142 Å². The first-order valence-electron chi connectivity index (χ1n) is 8.91. The molecule has 1 aliphatic rings. The maximum atomic E-state index is 4.83. The van der Waals surface area contributed by atoms with Crippen LogP contribution in [0.1, 0.15) is 50.3 Å². The highest BCUT2D eigenvalue weighted by Gasteiger charge is 2.21. The van der Waals surface area contributed by atoms with Gasteiger partial charge in [-0.1, -0.05) is 12.1 Å². The largest absolute Gasteiger partial charge is 0.335 e. The molecule has 0 spiro atoms. The fourth-order valence-corrected chi connectivity index (χ4v) is 3.85. The molecule has 1 N–H and O–H groups in total. The normalized spacial score (nSPS) is 17.5. The van der Waals surface area contributed by atoms with Gasteiger partial charge in [0.25, 0.3) is 0 Å². The molecule has 0 aliphatic carbocycles. The smallest absolute Gasteiger partial charge is 0.124 e. The Hall–Kier alpha value is -2.14. The van der Waals surface area contributed by atoms with E-state index < -0.39 is 0 Å². The average Bonchev–Trinajstić information content (AvgIpc) is 3.19. The van der Waals surface area contributed by atoms with Gasteiger partial charge in [-0.05, 0) is 38.8 Å². The van der Waals surface area contributed by atoms with E-state index in [2.05, 4.69) is 63.7 Å². The molecule has 0 fully saturated rings. The van der Waals surface area contributed by atoms with Crippen molar-refractivity contribution in [3.63, 3.8) is 0 Å². The van der Waals surface area contributed by atoms with Gasteiger partial charge in [0.1, 0.15) is 11.6 Å². The van der Waals surface area contributed by atoms with E-state index in [1.54, 1.807) is 0 Å². The molecule has 3 aromatic rings. The maximum absolute atomic E-state index is 4.83. The summed E-state index contributed by atoms with van der Waals surface area (Å²) in [4.78, 5) is 9.38. The first kappa shape index (κ1) is 15.4. The summed E-state index contributed by atoms with van der Waals surface area (Å²) in [6, 6.07) is 8.79. The summed E-state index contributed by atoms with van der Waals surface area (Å²) in [5, 5.41) is 3.62.